The van der Waals surface area contributed by atoms with Gasteiger partial charge >= 0.3 is 0 Å². The van der Waals surface area contributed by atoms with Gasteiger partial charge in [-0.15, -0.1) is 10.2 Å². The Bertz CT molecular complexity index is 1450. The van der Waals surface area contributed by atoms with Crippen molar-refractivity contribution in [3.05, 3.63) is 84.1 Å². The second-order valence-corrected chi connectivity index (χ2v) is 10.5. The van der Waals surface area contributed by atoms with Crippen LogP contribution >= 0.6 is 0 Å². The lowest BCUT2D eigenvalue weighted by Gasteiger charge is -2.33. The minimum atomic E-state index is -0.930. The fourth-order valence-electron chi connectivity index (χ4n) is 5.12. The largest absolute Gasteiger partial charge is 0.467 e. The molecular formula is C30H34FN7O3. The van der Waals surface area contributed by atoms with Gasteiger partial charge in [0, 0.05) is 25.8 Å². The van der Waals surface area contributed by atoms with E-state index in [0.29, 0.717) is 11.3 Å². The number of rotatable bonds is 10. The lowest BCUT2D eigenvalue weighted by molar-refractivity contribution is -0.143. The number of carbonyl (C=O) groups excluding carboxylic acids is 2. The summed E-state index contributed by atoms with van der Waals surface area (Å²) < 4.78 is 19.9. The van der Waals surface area contributed by atoms with E-state index in [0.717, 1.165) is 42.6 Å². The molecular weight excluding hydrogens is 525 g/mol. The Morgan fingerprint density at radius 3 is 2.49 bits per heavy atom. The molecule has 41 heavy (non-hydrogen) atoms. The predicted octanol–water partition coefficient (Wildman–Crippen LogP) is 4.36. The molecule has 0 radical (unpaired) electrons. The van der Waals surface area contributed by atoms with E-state index in [-0.39, 0.29) is 36.4 Å². The van der Waals surface area contributed by atoms with Crippen molar-refractivity contribution in [3.63, 3.8) is 0 Å². The van der Waals surface area contributed by atoms with Gasteiger partial charge < -0.3 is 19.5 Å². The van der Waals surface area contributed by atoms with Crippen molar-refractivity contribution in [2.24, 2.45) is 0 Å². The van der Waals surface area contributed by atoms with E-state index < -0.39 is 17.8 Å². The monoisotopic (exact) mass is 559 g/mol. The average Bonchev–Trinajstić information content (AvgIpc) is 3.66. The Morgan fingerprint density at radius 1 is 1.05 bits per heavy atom. The third kappa shape index (κ3) is 6.79. The Balaban J connectivity index is 1.46. The van der Waals surface area contributed by atoms with Crippen LogP contribution in [0.1, 0.15) is 49.5 Å². The van der Waals surface area contributed by atoms with Gasteiger partial charge in [-0.05, 0) is 60.0 Å². The Kier molecular flexibility index (Phi) is 8.71. The van der Waals surface area contributed by atoms with Gasteiger partial charge in [-0.2, -0.15) is 4.80 Å². The molecule has 1 saturated carbocycles. The first-order chi connectivity index (χ1) is 19.9. The molecule has 2 amide bonds. The smallest absolute Gasteiger partial charge is 0.247 e. The summed E-state index contributed by atoms with van der Waals surface area (Å²) in [6.45, 7) is -0.246. The molecule has 1 aliphatic rings. The number of amides is 2. The van der Waals surface area contributed by atoms with Crippen LogP contribution in [0.15, 0.2) is 71.3 Å². The normalized spacial score (nSPS) is 14.4. The molecule has 1 fully saturated rings. The third-order valence-corrected chi connectivity index (χ3v) is 7.31. The minimum absolute atomic E-state index is 0.0545. The summed E-state index contributed by atoms with van der Waals surface area (Å²) in [6, 6.07) is 16.3. The van der Waals surface area contributed by atoms with E-state index in [1.165, 1.54) is 17.2 Å². The summed E-state index contributed by atoms with van der Waals surface area (Å²) in [7, 11) is 3.88. The predicted molar refractivity (Wildman–Crippen MR) is 151 cm³/mol. The Labute approximate surface area is 238 Å². The molecule has 2 aromatic carbocycles. The van der Waals surface area contributed by atoms with Gasteiger partial charge in [0.2, 0.25) is 17.6 Å². The second-order valence-electron chi connectivity index (χ2n) is 10.5. The molecule has 10 nitrogen and oxygen atoms in total. The zero-order valence-electron chi connectivity index (χ0n) is 23.2. The van der Waals surface area contributed by atoms with Gasteiger partial charge in [-0.1, -0.05) is 43.5 Å². The number of tetrazole rings is 1. The highest BCUT2D eigenvalue weighted by molar-refractivity contribution is 5.89. The number of nitrogens with zero attached hydrogens (tertiary/aromatic N) is 6. The number of halogens is 1. The number of aromatic nitrogens is 4. The molecule has 0 saturated heterocycles. The maximum Gasteiger partial charge on any atom is 0.247 e. The molecule has 1 unspecified atom stereocenters. The number of carbonyl (C=O) groups is 2. The van der Waals surface area contributed by atoms with Crippen LogP contribution in [0, 0.1) is 5.82 Å². The zero-order valence-corrected chi connectivity index (χ0v) is 23.2. The third-order valence-electron chi connectivity index (χ3n) is 7.31. The number of furan rings is 1. The molecule has 1 N–H and O–H groups in total. The molecule has 4 aromatic rings. The minimum Gasteiger partial charge on any atom is -0.467 e. The van der Waals surface area contributed by atoms with Crippen LogP contribution in [0.2, 0.25) is 0 Å². The summed E-state index contributed by atoms with van der Waals surface area (Å²) in [5.41, 5.74) is 1.82. The molecule has 0 bridgehead atoms. The van der Waals surface area contributed by atoms with E-state index >= 15 is 0 Å². The number of hydrogen-bond acceptors (Lipinski definition) is 7. The van der Waals surface area contributed by atoms with Gasteiger partial charge in [-0.3, -0.25) is 9.59 Å². The summed E-state index contributed by atoms with van der Waals surface area (Å²) in [5, 5.41) is 15.4. The van der Waals surface area contributed by atoms with Gasteiger partial charge in [-0.25, -0.2) is 4.39 Å². The van der Waals surface area contributed by atoms with Gasteiger partial charge in [0.25, 0.3) is 0 Å². The van der Waals surface area contributed by atoms with E-state index in [4.69, 9.17) is 4.42 Å². The highest BCUT2D eigenvalue weighted by Crippen LogP contribution is 2.28. The van der Waals surface area contributed by atoms with Gasteiger partial charge in [0.15, 0.2) is 0 Å². The quantitative estimate of drug-likeness (QED) is 0.308. The van der Waals surface area contributed by atoms with E-state index in [1.807, 2.05) is 43.3 Å². The highest BCUT2D eigenvalue weighted by atomic mass is 19.1. The van der Waals surface area contributed by atoms with Crippen molar-refractivity contribution < 1.29 is 18.4 Å². The van der Waals surface area contributed by atoms with Crippen molar-refractivity contribution in [1.29, 1.82) is 0 Å². The van der Waals surface area contributed by atoms with Crippen molar-refractivity contribution in [1.82, 2.24) is 30.4 Å². The number of anilines is 1. The lowest BCUT2D eigenvalue weighted by atomic mass is 9.94. The SMILES string of the molecule is CN(C)c1ccc(C(C(=O)NC2CCCCC2)N(Cc2ccco2)C(=O)Cn2nnc(-c3ccccc3F)n2)cc1. The van der Waals surface area contributed by atoms with Gasteiger partial charge in [0.1, 0.15) is 24.2 Å². The molecule has 0 aliphatic heterocycles. The van der Waals surface area contributed by atoms with E-state index in [9.17, 15) is 14.0 Å². The van der Waals surface area contributed by atoms with Crippen molar-refractivity contribution in [3.8, 4) is 11.4 Å². The first kappa shape index (κ1) is 28.0. The number of hydrogen-bond donors (Lipinski definition) is 1. The molecule has 214 valence electrons. The molecule has 0 spiro atoms. The van der Waals surface area contributed by atoms with E-state index in [2.05, 4.69) is 20.7 Å². The molecule has 2 heterocycles. The highest BCUT2D eigenvalue weighted by Gasteiger charge is 2.34. The Hall–Kier alpha value is -4.54. The van der Waals surface area contributed by atoms with Gasteiger partial charge in [0.05, 0.1) is 18.4 Å². The summed E-state index contributed by atoms with van der Waals surface area (Å²) in [5.74, 6) is -0.567. The summed E-state index contributed by atoms with van der Waals surface area (Å²) >= 11 is 0. The first-order valence-electron chi connectivity index (χ1n) is 13.8. The van der Waals surface area contributed by atoms with Crippen LogP contribution < -0.4 is 10.2 Å². The summed E-state index contributed by atoms with van der Waals surface area (Å²) in [6.07, 6.45) is 6.62. The maximum atomic E-state index is 14.3. The summed E-state index contributed by atoms with van der Waals surface area (Å²) in [4.78, 5) is 32.4. The zero-order chi connectivity index (χ0) is 28.8. The lowest BCUT2D eigenvalue weighted by Crippen LogP contribution is -2.47. The molecule has 1 aliphatic carbocycles. The fourth-order valence-corrected chi connectivity index (χ4v) is 5.12. The van der Waals surface area contributed by atoms with Crippen molar-refractivity contribution >= 4 is 17.5 Å². The van der Waals surface area contributed by atoms with E-state index in [1.54, 1.807) is 30.3 Å². The molecule has 1 atom stereocenters. The van der Waals surface area contributed by atoms with Crippen molar-refractivity contribution in [2.75, 3.05) is 19.0 Å². The van der Waals surface area contributed by atoms with Crippen LogP contribution in [0.25, 0.3) is 11.4 Å². The van der Waals surface area contributed by atoms with Crippen LogP contribution in [-0.2, 0) is 22.7 Å². The molecule has 5 rings (SSSR count). The van der Waals surface area contributed by atoms with Crippen LogP contribution in [0.4, 0.5) is 10.1 Å². The van der Waals surface area contributed by atoms with Crippen molar-refractivity contribution in [2.45, 2.75) is 57.3 Å². The average molecular weight is 560 g/mol. The first-order valence-corrected chi connectivity index (χ1v) is 13.8. The maximum absolute atomic E-state index is 14.3. The topological polar surface area (TPSA) is 109 Å². The van der Waals surface area contributed by atoms with Crippen LogP contribution in [0.3, 0.4) is 0 Å². The Morgan fingerprint density at radius 2 is 1.80 bits per heavy atom. The van der Waals surface area contributed by atoms with Crippen LogP contribution in [-0.4, -0.2) is 57.1 Å². The number of nitrogens with one attached hydrogen (secondary N) is 1. The second kappa shape index (κ2) is 12.8. The fraction of sp³-hybridized carbons (Fsp3) is 0.367. The number of benzene rings is 2. The molecule has 11 heteroatoms. The standard InChI is InChI=1S/C30H34FN7O3/c1-36(2)23-16-14-21(15-17-23)28(30(40)32-22-9-4-3-5-10-22)37(19-24-11-8-18-41-24)27(39)20-38-34-29(33-35-38)25-12-6-7-13-26(25)31/h6-8,11-18,22,28H,3-5,9-10,19-20H2,1-2H3,(H,32,40). The molecule has 2 aromatic heterocycles. The van der Waals surface area contributed by atoms with Crippen LogP contribution in [0.5, 0.6) is 0 Å².